The van der Waals surface area contributed by atoms with Gasteiger partial charge in [-0.1, -0.05) is 20.8 Å². The Hall–Kier alpha value is -0.120. The zero-order valence-electron chi connectivity index (χ0n) is 11.7. The fraction of sp³-hybridized carbons (Fsp3) is 1.00. The number of ether oxygens (including phenoxy) is 1. The highest BCUT2D eigenvalue weighted by molar-refractivity contribution is 4.86. The van der Waals surface area contributed by atoms with Crippen molar-refractivity contribution in [3.05, 3.63) is 0 Å². The van der Waals surface area contributed by atoms with Crippen LogP contribution in [0.15, 0.2) is 0 Å². The molecule has 17 heavy (non-hydrogen) atoms. The Bertz CT molecular complexity index is 198. The van der Waals surface area contributed by atoms with Gasteiger partial charge < -0.3 is 15.2 Å². The van der Waals surface area contributed by atoms with Crippen LogP contribution in [-0.2, 0) is 4.74 Å². The van der Waals surface area contributed by atoms with Crippen LogP contribution in [0.2, 0.25) is 0 Å². The van der Waals surface area contributed by atoms with Crippen molar-refractivity contribution in [3.63, 3.8) is 0 Å². The Labute approximate surface area is 106 Å². The Morgan fingerprint density at radius 1 is 1.35 bits per heavy atom. The first-order valence-electron chi connectivity index (χ1n) is 7.03. The van der Waals surface area contributed by atoms with Gasteiger partial charge in [-0.3, -0.25) is 0 Å². The van der Waals surface area contributed by atoms with E-state index in [1.165, 1.54) is 0 Å². The Kier molecular flexibility index (Phi) is 6.45. The zero-order chi connectivity index (χ0) is 12.7. The smallest absolute Gasteiger partial charge is 0.0771 e. The van der Waals surface area contributed by atoms with Gasteiger partial charge in [-0.25, -0.2) is 0 Å². The number of aliphatic hydroxyl groups is 1. The third kappa shape index (κ3) is 6.39. The minimum absolute atomic E-state index is 0.468. The van der Waals surface area contributed by atoms with Gasteiger partial charge in [0.1, 0.15) is 0 Å². The lowest BCUT2D eigenvalue weighted by atomic mass is 9.79. The molecule has 1 aliphatic rings. The van der Waals surface area contributed by atoms with E-state index in [2.05, 4.69) is 26.1 Å². The molecule has 1 saturated carbocycles. The Morgan fingerprint density at radius 2 is 2.00 bits per heavy atom. The van der Waals surface area contributed by atoms with E-state index in [-0.39, 0.29) is 0 Å². The monoisotopic (exact) mass is 243 g/mol. The van der Waals surface area contributed by atoms with Crippen molar-refractivity contribution in [2.24, 2.45) is 11.8 Å². The third-order valence-electron chi connectivity index (χ3n) is 3.53. The summed E-state index contributed by atoms with van der Waals surface area (Å²) in [6.07, 6.45) is 4.19. The van der Waals surface area contributed by atoms with Gasteiger partial charge in [0.05, 0.1) is 12.2 Å². The predicted molar refractivity (Wildman–Crippen MR) is 71.1 cm³/mol. The minimum Gasteiger partial charge on any atom is -0.389 e. The van der Waals surface area contributed by atoms with E-state index in [4.69, 9.17) is 4.74 Å². The molecule has 0 aliphatic heterocycles. The number of nitrogens with one attached hydrogen (secondary N) is 1. The van der Waals surface area contributed by atoms with Crippen LogP contribution in [-0.4, -0.2) is 37.0 Å². The second-order valence-corrected chi connectivity index (χ2v) is 6.05. The fourth-order valence-electron chi connectivity index (χ4n) is 2.26. The minimum atomic E-state index is -0.468. The molecule has 0 atom stereocenters. The second-order valence-electron chi connectivity index (χ2n) is 6.05. The molecule has 0 spiro atoms. The van der Waals surface area contributed by atoms with Gasteiger partial charge in [-0.2, -0.15) is 0 Å². The van der Waals surface area contributed by atoms with Crippen LogP contribution >= 0.6 is 0 Å². The number of hydrogen-bond donors (Lipinski definition) is 2. The topological polar surface area (TPSA) is 41.5 Å². The lowest BCUT2D eigenvalue weighted by Crippen LogP contribution is -2.44. The highest BCUT2D eigenvalue weighted by Crippen LogP contribution is 2.31. The largest absolute Gasteiger partial charge is 0.389 e. The molecule has 3 heteroatoms. The van der Waals surface area contributed by atoms with Crippen LogP contribution in [0.4, 0.5) is 0 Å². The Morgan fingerprint density at radius 3 is 2.59 bits per heavy atom. The van der Waals surface area contributed by atoms with E-state index >= 15 is 0 Å². The molecule has 1 fully saturated rings. The molecule has 0 amide bonds. The summed E-state index contributed by atoms with van der Waals surface area (Å²) in [5, 5.41) is 13.6. The molecule has 0 heterocycles. The zero-order valence-corrected chi connectivity index (χ0v) is 11.7. The molecule has 1 rings (SSSR count). The van der Waals surface area contributed by atoms with E-state index in [0.29, 0.717) is 12.5 Å². The molecule has 0 saturated heterocycles. The lowest BCUT2D eigenvalue weighted by molar-refractivity contribution is -0.00756. The summed E-state index contributed by atoms with van der Waals surface area (Å²) in [6.45, 7) is 9.69. The van der Waals surface area contributed by atoms with Gasteiger partial charge in [0, 0.05) is 19.7 Å². The van der Waals surface area contributed by atoms with Crippen molar-refractivity contribution in [1.82, 2.24) is 5.32 Å². The molecular formula is C14H29NO2. The summed E-state index contributed by atoms with van der Waals surface area (Å²) >= 11 is 0. The second kappa shape index (κ2) is 7.34. The number of hydrogen-bond acceptors (Lipinski definition) is 3. The van der Waals surface area contributed by atoms with Crippen LogP contribution in [0, 0.1) is 11.8 Å². The molecule has 1 aliphatic carbocycles. The van der Waals surface area contributed by atoms with Crippen molar-refractivity contribution in [2.75, 3.05) is 26.3 Å². The maximum absolute atomic E-state index is 10.3. The molecule has 0 radical (unpaired) electrons. The summed E-state index contributed by atoms with van der Waals surface area (Å²) < 4.78 is 5.49. The highest BCUT2D eigenvalue weighted by Gasteiger charge is 2.30. The van der Waals surface area contributed by atoms with Gasteiger partial charge in [0.2, 0.25) is 0 Å². The predicted octanol–water partition coefficient (Wildman–Crippen LogP) is 2.19. The van der Waals surface area contributed by atoms with Crippen LogP contribution in [0.25, 0.3) is 0 Å². The van der Waals surface area contributed by atoms with Gasteiger partial charge in [-0.15, -0.1) is 0 Å². The average molecular weight is 243 g/mol. The SMILES string of the molecule is CC(C)COCCNCC1(O)CCC(C)CC1. The third-order valence-corrected chi connectivity index (χ3v) is 3.53. The van der Waals surface area contributed by atoms with Gasteiger partial charge in [-0.05, 0) is 37.5 Å². The van der Waals surface area contributed by atoms with E-state index in [9.17, 15) is 5.11 Å². The van der Waals surface area contributed by atoms with Crippen molar-refractivity contribution in [3.8, 4) is 0 Å². The molecule has 0 aromatic carbocycles. The van der Waals surface area contributed by atoms with E-state index in [1.807, 2.05) is 0 Å². The van der Waals surface area contributed by atoms with E-state index in [1.54, 1.807) is 0 Å². The van der Waals surface area contributed by atoms with Gasteiger partial charge in [0.15, 0.2) is 0 Å². The molecule has 3 nitrogen and oxygen atoms in total. The van der Waals surface area contributed by atoms with Crippen molar-refractivity contribution in [2.45, 2.75) is 52.1 Å². The first-order chi connectivity index (χ1) is 8.02. The quantitative estimate of drug-likeness (QED) is 0.674. The molecule has 0 aromatic heterocycles. The summed E-state index contributed by atoms with van der Waals surface area (Å²) in [5.41, 5.74) is -0.468. The number of rotatable bonds is 7. The van der Waals surface area contributed by atoms with E-state index in [0.717, 1.165) is 51.4 Å². The lowest BCUT2D eigenvalue weighted by Gasteiger charge is -2.35. The fourth-order valence-corrected chi connectivity index (χ4v) is 2.26. The molecule has 0 bridgehead atoms. The highest BCUT2D eigenvalue weighted by atomic mass is 16.5. The first-order valence-corrected chi connectivity index (χ1v) is 7.03. The molecular weight excluding hydrogens is 214 g/mol. The summed E-state index contributed by atoms with van der Waals surface area (Å²) in [7, 11) is 0. The molecule has 0 unspecified atom stereocenters. The summed E-state index contributed by atoms with van der Waals surface area (Å²) in [4.78, 5) is 0. The Balaban J connectivity index is 2.02. The van der Waals surface area contributed by atoms with E-state index < -0.39 is 5.60 Å². The van der Waals surface area contributed by atoms with Crippen LogP contribution in [0.5, 0.6) is 0 Å². The summed E-state index contributed by atoms with van der Waals surface area (Å²) in [5.74, 6) is 1.38. The summed E-state index contributed by atoms with van der Waals surface area (Å²) in [6, 6.07) is 0. The standard InChI is InChI=1S/C14H29NO2/c1-12(2)10-17-9-8-15-11-14(16)6-4-13(3)5-7-14/h12-13,15-16H,4-11H2,1-3H3. The van der Waals surface area contributed by atoms with Crippen LogP contribution in [0.1, 0.15) is 46.5 Å². The maximum Gasteiger partial charge on any atom is 0.0771 e. The van der Waals surface area contributed by atoms with Gasteiger partial charge in [0.25, 0.3) is 0 Å². The first kappa shape index (κ1) is 14.9. The van der Waals surface area contributed by atoms with Crippen molar-refractivity contribution in [1.29, 1.82) is 0 Å². The molecule has 2 N–H and O–H groups in total. The average Bonchev–Trinajstić information content (AvgIpc) is 2.28. The van der Waals surface area contributed by atoms with Crippen molar-refractivity contribution >= 4 is 0 Å². The molecule has 102 valence electrons. The van der Waals surface area contributed by atoms with Crippen LogP contribution < -0.4 is 5.32 Å². The maximum atomic E-state index is 10.3. The van der Waals surface area contributed by atoms with Gasteiger partial charge >= 0.3 is 0 Å². The molecule has 0 aromatic rings. The van der Waals surface area contributed by atoms with Crippen LogP contribution in [0.3, 0.4) is 0 Å². The normalized spacial score (nSPS) is 29.8. The van der Waals surface area contributed by atoms with Crippen molar-refractivity contribution < 1.29 is 9.84 Å².